The molecular weight excluding hydrogens is 576 g/mol. The number of benzene rings is 2. The van der Waals surface area contributed by atoms with Crippen LogP contribution in [0.4, 0.5) is 17.1 Å². The number of pyridine rings is 4. The van der Waals surface area contributed by atoms with E-state index in [1.54, 1.807) is 42.7 Å². The van der Waals surface area contributed by atoms with Gasteiger partial charge in [0.05, 0.1) is 46.0 Å². The van der Waals surface area contributed by atoms with Gasteiger partial charge in [0.1, 0.15) is 11.4 Å². The van der Waals surface area contributed by atoms with Gasteiger partial charge in [0.25, 0.3) is 11.8 Å². The topological polar surface area (TPSA) is 148 Å². The van der Waals surface area contributed by atoms with Crippen molar-refractivity contribution in [2.24, 2.45) is 5.73 Å². The molecule has 10 heteroatoms. The Bertz CT molecular complexity index is 2140. The van der Waals surface area contributed by atoms with Gasteiger partial charge in [-0.2, -0.15) is 0 Å². The molecule has 0 aliphatic heterocycles. The van der Waals surface area contributed by atoms with E-state index >= 15 is 0 Å². The zero-order chi connectivity index (χ0) is 32.0. The lowest BCUT2D eigenvalue weighted by molar-refractivity contribution is 0.101. The zero-order valence-electron chi connectivity index (χ0n) is 25.1. The lowest BCUT2D eigenvalue weighted by Gasteiger charge is -2.14. The molecule has 2 aromatic carbocycles. The highest BCUT2D eigenvalue weighted by Gasteiger charge is 2.17. The summed E-state index contributed by atoms with van der Waals surface area (Å²) in [6.45, 7) is 8.82. The van der Waals surface area contributed by atoms with E-state index in [1.807, 2.05) is 48.5 Å². The molecule has 0 bridgehead atoms. The maximum atomic E-state index is 13.6. The molecule has 4 heterocycles. The average molecular weight is 609 g/mol. The number of rotatable bonds is 11. The fourth-order valence-electron chi connectivity index (χ4n) is 5.18. The first-order valence-corrected chi connectivity index (χ1v) is 14.9. The summed E-state index contributed by atoms with van der Waals surface area (Å²) in [5, 5.41) is 11.7. The van der Waals surface area contributed by atoms with Crippen LogP contribution in [-0.4, -0.2) is 44.8 Å². The Morgan fingerprint density at radius 2 is 1.50 bits per heavy atom. The minimum Gasteiger partial charge on any atom is -0.384 e. The number of para-hydroxylation sites is 1. The summed E-state index contributed by atoms with van der Waals surface area (Å²) in [4.78, 5) is 45.2. The van der Waals surface area contributed by atoms with Gasteiger partial charge in [0.15, 0.2) is 0 Å². The lowest BCUT2D eigenvalue weighted by Crippen LogP contribution is -2.16. The van der Waals surface area contributed by atoms with Crippen molar-refractivity contribution in [2.75, 3.05) is 29.0 Å². The predicted molar refractivity (Wildman–Crippen MR) is 186 cm³/mol. The van der Waals surface area contributed by atoms with Crippen LogP contribution in [0.2, 0.25) is 0 Å². The first-order valence-electron chi connectivity index (χ1n) is 14.9. The van der Waals surface area contributed by atoms with Crippen molar-refractivity contribution in [3.63, 3.8) is 0 Å². The molecule has 4 aromatic heterocycles. The van der Waals surface area contributed by atoms with Gasteiger partial charge >= 0.3 is 0 Å². The van der Waals surface area contributed by atoms with Crippen LogP contribution < -0.4 is 21.7 Å². The fourth-order valence-corrected chi connectivity index (χ4v) is 5.18. The van der Waals surface area contributed by atoms with E-state index in [0.29, 0.717) is 41.2 Å². The van der Waals surface area contributed by atoms with Gasteiger partial charge in [-0.1, -0.05) is 49.6 Å². The van der Waals surface area contributed by atoms with Crippen molar-refractivity contribution < 1.29 is 9.59 Å². The van der Waals surface area contributed by atoms with Crippen LogP contribution in [0.1, 0.15) is 45.1 Å². The van der Waals surface area contributed by atoms with Crippen LogP contribution in [0.25, 0.3) is 44.9 Å². The summed E-state index contributed by atoms with van der Waals surface area (Å²) in [5.41, 5.74) is 11.1. The van der Waals surface area contributed by atoms with Crippen LogP contribution in [0, 0.1) is 0 Å². The average Bonchev–Trinajstić information content (AvgIpc) is 3.09. The largest absolute Gasteiger partial charge is 0.384 e. The van der Waals surface area contributed by atoms with E-state index in [1.165, 1.54) is 0 Å². The van der Waals surface area contributed by atoms with Crippen molar-refractivity contribution in [3.05, 3.63) is 115 Å². The molecule has 0 saturated heterocycles. The van der Waals surface area contributed by atoms with Crippen molar-refractivity contribution in [1.82, 2.24) is 19.9 Å². The second kappa shape index (κ2) is 13.3. The third-order valence-corrected chi connectivity index (χ3v) is 7.52. The zero-order valence-corrected chi connectivity index (χ0v) is 25.1. The SMILES string of the molecule is C=Cc1cc(NC(=O)c2ccc3ccc4c(NCCCCN)cc(C(=O)Nc5cnc6ccccc6c5)nc4c3n2)cnc1C=C. The molecule has 0 aliphatic carbocycles. The van der Waals surface area contributed by atoms with E-state index in [9.17, 15) is 9.59 Å². The molecular formula is C36H32N8O2. The van der Waals surface area contributed by atoms with Crippen molar-refractivity contribution >= 4 is 73.7 Å². The molecule has 6 aromatic rings. The molecule has 0 saturated carbocycles. The molecule has 0 aliphatic rings. The van der Waals surface area contributed by atoms with E-state index < -0.39 is 11.8 Å². The van der Waals surface area contributed by atoms with E-state index in [2.05, 4.69) is 39.1 Å². The highest BCUT2D eigenvalue weighted by Crippen LogP contribution is 2.30. The molecule has 228 valence electrons. The Balaban J connectivity index is 1.38. The number of carbonyl (C=O) groups is 2. The summed E-state index contributed by atoms with van der Waals surface area (Å²) in [7, 11) is 0. The van der Waals surface area contributed by atoms with Crippen molar-refractivity contribution in [1.29, 1.82) is 0 Å². The second-order valence-corrected chi connectivity index (χ2v) is 10.6. The third-order valence-electron chi connectivity index (χ3n) is 7.52. The standard InChI is InChI=1S/C36H32N8O2/c1-3-22-17-25(20-39-28(22)4-2)41-35(45)30-14-12-23-11-13-27-31(38-16-8-7-15-37)19-32(44-34(27)33(23)43-30)36(46)42-26-18-24-9-5-6-10-29(24)40-21-26/h3-6,9-14,17-21H,1-2,7-8,15-16,37H2,(H,38,44)(H,41,45)(H,42,46). The maximum absolute atomic E-state index is 13.6. The Kier molecular flexibility index (Phi) is 8.71. The van der Waals surface area contributed by atoms with Crippen LogP contribution in [-0.2, 0) is 0 Å². The first-order chi connectivity index (χ1) is 22.5. The Morgan fingerprint density at radius 1 is 0.761 bits per heavy atom. The number of anilines is 3. The number of aromatic nitrogens is 4. The number of nitrogens with one attached hydrogen (secondary N) is 3. The maximum Gasteiger partial charge on any atom is 0.274 e. The highest BCUT2D eigenvalue weighted by atomic mass is 16.2. The number of unbranched alkanes of at least 4 members (excludes halogenated alkanes) is 1. The summed E-state index contributed by atoms with van der Waals surface area (Å²) in [6.07, 6.45) is 8.17. The van der Waals surface area contributed by atoms with Gasteiger partial charge in [-0.3, -0.25) is 19.6 Å². The molecule has 5 N–H and O–H groups in total. The van der Waals surface area contributed by atoms with Gasteiger partial charge in [0.2, 0.25) is 0 Å². The smallest absolute Gasteiger partial charge is 0.274 e. The summed E-state index contributed by atoms with van der Waals surface area (Å²) >= 11 is 0. The minimum absolute atomic E-state index is 0.185. The van der Waals surface area contributed by atoms with Crippen molar-refractivity contribution in [2.45, 2.75) is 12.8 Å². The number of hydrogen-bond acceptors (Lipinski definition) is 8. The fraction of sp³-hybridized carbons (Fsp3) is 0.111. The normalized spacial score (nSPS) is 11.0. The molecule has 2 amide bonds. The van der Waals surface area contributed by atoms with Gasteiger partial charge in [-0.05, 0) is 61.9 Å². The molecule has 0 radical (unpaired) electrons. The number of amides is 2. The molecule has 0 spiro atoms. The van der Waals surface area contributed by atoms with Crippen LogP contribution in [0.15, 0.2) is 92.3 Å². The van der Waals surface area contributed by atoms with Crippen LogP contribution in [0.3, 0.4) is 0 Å². The molecule has 0 atom stereocenters. The van der Waals surface area contributed by atoms with Crippen LogP contribution >= 0.6 is 0 Å². The Hall–Kier alpha value is -6.00. The van der Waals surface area contributed by atoms with Crippen LogP contribution in [0.5, 0.6) is 0 Å². The minimum atomic E-state index is -0.417. The monoisotopic (exact) mass is 608 g/mol. The number of fused-ring (bicyclic) bond motifs is 4. The third kappa shape index (κ3) is 6.28. The Morgan fingerprint density at radius 3 is 2.30 bits per heavy atom. The Labute approximate surface area is 265 Å². The predicted octanol–water partition coefficient (Wildman–Crippen LogP) is 6.67. The van der Waals surface area contributed by atoms with E-state index in [0.717, 1.165) is 45.8 Å². The summed E-state index contributed by atoms with van der Waals surface area (Å²) in [6, 6.07) is 20.4. The number of carbonyl (C=O) groups excluding carboxylic acids is 2. The molecule has 10 nitrogen and oxygen atoms in total. The quantitative estimate of drug-likeness (QED) is 0.0942. The molecule has 46 heavy (non-hydrogen) atoms. The molecule has 0 fully saturated rings. The number of nitrogens with zero attached hydrogens (tertiary/aromatic N) is 4. The lowest BCUT2D eigenvalue weighted by atomic mass is 10.1. The second-order valence-electron chi connectivity index (χ2n) is 10.6. The molecule has 6 rings (SSSR count). The van der Waals surface area contributed by atoms with E-state index in [4.69, 9.17) is 15.7 Å². The highest BCUT2D eigenvalue weighted by molar-refractivity contribution is 6.13. The van der Waals surface area contributed by atoms with Gasteiger partial charge in [-0.15, -0.1) is 0 Å². The van der Waals surface area contributed by atoms with Gasteiger partial charge < -0.3 is 21.7 Å². The van der Waals surface area contributed by atoms with E-state index in [-0.39, 0.29) is 11.4 Å². The summed E-state index contributed by atoms with van der Waals surface area (Å²) in [5.74, 6) is -0.816. The summed E-state index contributed by atoms with van der Waals surface area (Å²) < 4.78 is 0. The number of nitrogens with two attached hydrogens (primary N) is 1. The molecule has 0 unspecified atom stereocenters. The number of hydrogen-bond donors (Lipinski definition) is 4. The first kappa shape index (κ1) is 30.0. The van der Waals surface area contributed by atoms with Gasteiger partial charge in [-0.25, -0.2) is 9.97 Å². The van der Waals surface area contributed by atoms with Crippen molar-refractivity contribution in [3.8, 4) is 0 Å². The van der Waals surface area contributed by atoms with Gasteiger partial charge in [0, 0.05) is 34.0 Å².